The second-order valence-corrected chi connectivity index (χ2v) is 6.63. The summed E-state index contributed by atoms with van der Waals surface area (Å²) in [7, 11) is 1.40. The average molecular weight is 307 g/mol. The maximum atomic E-state index is 11.5. The van der Waals surface area contributed by atoms with Crippen LogP contribution in [0.2, 0.25) is 0 Å². The van der Waals surface area contributed by atoms with Gasteiger partial charge in [0.15, 0.2) is 0 Å². The highest BCUT2D eigenvalue weighted by Gasteiger charge is 2.28. The molecule has 0 unspecified atom stereocenters. The van der Waals surface area contributed by atoms with Crippen molar-refractivity contribution in [3.8, 4) is 0 Å². The van der Waals surface area contributed by atoms with E-state index >= 15 is 0 Å². The zero-order valence-electron chi connectivity index (χ0n) is 13.3. The number of hydrogen-bond acceptors (Lipinski definition) is 3. The molecule has 2 aliphatic carbocycles. The molecule has 2 fully saturated rings. The quantitative estimate of drug-likeness (QED) is 0.792. The van der Waals surface area contributed by atoms with Crippen molar-refractivity contribution < 1.29 is 9.53 Å². The molecular formula is C20H21NO2. The molecule has 118 valence electrons. The summed E-state index contributed by atoms with van der Waals surface area (Å²) in [4.78, 5) is 11.5. The molecule has 3 heteroatoms. The minimum Gasteiger partial charge on any atom is -0.465 e. The predicted molar refractivity (Wildman–Crippen MR) is 91.5 cm³/mol. The minimum absolute atomic E-state index is 0.302. The second kappa shape index (κ2) is 5.73. The van der Waals surface area contributed by atoms with Crippen molar-refractivity contribution in [1.29, 1.82) is 0 Å². The van der Waals surface area contributed by atoms with Crippen LogP contribution in [0, 0.1) is 0 Å². The van der Waals surface area contributed by atoms with E-state index in [2.05, 4.69) is 23.5 Å². The van der Waals surface area contributed by atoms with Crippen LogP contribution in [0.5, 0.6) is 0 Å². The van der Waals surface area contributed by atoms with Gasteiger partial charge in [-0.3, -0.25) is 0 Å². The van der Waals surface area contributed by atoms with Gasteiger partial charge in [-0.1, -0.05) is 6.07 Å². The van der Waals surface area contributed by atoms with Crippen LogP contribution in [0.15, 0.2) is 42.5 Å². The van der Waals surface area contributed by atoms with Crippen LogP contribution in [0.25, 0.3) is 0 Å². The van der Waals surface area contributed by atoms with Crippen molar-refractivity contribution >= 4 is 17.3 Å². The van der Waals surface area contributed by atoms with Crippen LogP contribution in [0.1, 0.15) is 59.0 Å². The molecule has 0 radical (unpaired) electrons. The van der Waals surface area contributed by atoms with Crippen molar-refractivity contribution in [1.82, 2.24) is 0 Å². The normalized spacial score (nSPS) is 16.9. The minimum atomic E-state index is -0.302. The molecule has 4 rings (SSSR count). The van der Waals surface area contributed by atoms with Crippen molar-refractivity contribution in [3.05, 3.63) is 59.2 Å². The molecule has 2 aromatic rings. The average Bonchev–Trinajstić information content (AvgIpc) is 3.47. The van der Waals surface area contributed by atoms with E-state index in [4.69, 9.17) is 4.74 Å². The molecule has 1 N–H and O–H groups in total. The maximum Gasteiger partial charge on any atom is 0.337 e. The van der Waals surface area contributed by atoms with Crippen LogP contribution < -0.4 is 5.32 Å². The summed E-state index contributed by atoms with van der Waals surface area (Å²) in [6.07, 6.45) is 5.28. The summed E-state index contributed by atoms with van der Waals surface area (Å²) in [5, 5.41) is 3.48. The maximum absolute atomic E-state index is 11.5. The third kappa shape index (κ3) is 3.24. The van der Waals surface area contributed by atoms with Gasteiger partial charge in [-0.25, -0.2) is 4.79 Å². The van der Waals surface area contributed by atoms with Gasteiger partial charge in [0.25, 0.3) is 0 Å². The summed E-state index contributed by atoms with van der Waals surface area (Å²) in [5.74, 6) is 1.22. The van der Waals surface area contributed by atoms with E-state index < -0.39 is 0 Å². The van der Waals surface area contributed by atoms with Gasteiger partial charge in [0, 0.05) is 11.4 Å². The van der Waals surface area contributed by atoms with Crippen LogP contribution in [-0.4, -0.2) is 13.1 Å². The zero-order chi connectivity index (χ0) is 15.8. The van der Waals surface area contributed by atoms with Gasteiger partial charge in [0.2, 0.25) is 0 Å². The molecular weight excluding hydrogens is 286 g/mol. The number of carbonyl (C=O) groups is 1. The molecule has 0 amide bonds. The van der Waals surface area contributed by atoms with E-state index in [1.807, 2.05) is 12.1 Å². The topological polar surface area (TPSA) is 38.3 Å². The molecule has 0 atom stereocenters. The van der Waals surface area contributed by atoms with Crippen molar-refractivity contribution in [2.24, 2.45) is 0 Å². The van der Waals surface area contributed by atoms with Gasteiger partial charge in [0.1, 0.15) is 0 Å². The Balaban J connectivity index is 1.56. The Morgan fingerprint density at radius 3 is 1.96 bits per heavy atom. The van der Waals surface area contributed by atoms with E-state index in [1.165, 1.54) is 43.9 Å². The van der Waals surface area contributed by atoms with E-state index in [9.17, 15) is 4.79 Å². The molecule has 23 heavy (non-hydrogen) atoms. The van der Waals surface area contributed by atoms with Gasteiger partial charge >= 0.3 is 5.97 Å². The lowest BCUT2D eigenvalue weighted by Crippen LogP contribution is -2.01. The lowest BCUT2D eigenvalue weighted by molar-refractivity contribution is 0.0601. The number of rotatable bonds is 5. The molecule has 0 saturated heterocycles. The summed E-state index contributed by atoms with van der Waals surface area (Å²) in [6.45, 7) is 0. The highest BCUT2D eigenvalue weighted by Crippen LogP contribution is 2.46. The van der Waals surface area contributed by atoms with E-state index in [0.717, 1.165) is 23.2 Å². The summed E-state index contributed by atoms with van der Waals surface area (Å²) in [5.41, 5.74) is 5.67. The Labute approximate surface area is 136 Å². The van der Waals surface area contributed by atoms with Crippen molar-refractivity contribution in [2.45, 2.75) is 37.5 Å². The highest BCUT2D eigenvalue weighted by atomic mass is 16.5. The summed E-state index contributed by atoms with van der Waals surface area (Å²) < 4.78 is 4.73. The summed E-state index contributed by atoms with van der Waals surface area (Å²) >= 11 is 0. The zero-order valence-corrected chi connectivity index (χ0v) is 13.3. The molecule has 0 aromatic heterocycles. The molecule has 0 bridgehead atoms. The molecule has 0 spiro atoms. The number of methoxy groups -OCH3 is 1. The summed E-state index contributed by atoms with van der Waals surface area (Å²) in [6, 6.07) is 14.4. The highest BCUT2D eigenvalue weighted by molar-refractivity contribution is 5.89. The number of anilines is 2. The van der Waals surface area contributed by atoms with Gasteiger partial charge < -0.3 is 10.1 Å². The fraction of sp³-hybridized carbons (Fsp3) is 0.350. The number of ether oxygens (including phenoxy) is 1. The largest absolute Gasteiger partial charge is 0.465 e. The Morgan fingerprint density at radius 2 is 1.48 bits per heavy atom. The molecule has 2 aromatic carbocycles. The van der Waals surface area contributed by atoms with E-state index in [1.54, 1.807) is 12.1 Å². The fourth-order valence-electron chi connectivity index (χ4n) is 3.03. The van der Waals surface area contributed by atoms with Gasteiger partial charge in [-0.05, 0) is 85.0 Å². The Hall–Kier alpha value is -2.29. The first-order valence-electron chi connectivity index (χ1n) is 8.33. The Kier molecular flexibility index (Phi) is 3.56. The van der Waals surface area contributed by atoms with E-state index in [0.29, 0.717) is 5.56 Å². The smallest absolute Gasteiger partial charge is 0.337 e. The Morgan fingerprint density at radius 1 is 0.913 bits per heavy atom. The number of carbonyl (C=O) groups excluding carboxylic acids is 1. The van der Waals surface area contributed by atoms with Gasteiger partial charge in [-0.15, -0.1) is 0 Å². The molecule has 2 aliphatic rings. The SMILES string of the molecule is COC(=O)c1ccc(Nc2cc(C3CC3)cc(C3CC3)c2)cc1. The number of hydrogen-bond donors (Lipinski definition) is 1. The number of esters is 1. The number of benzene rings is 2. The van der Waals surface area contributed by atoms with Crippen molar-refractivity contribution in [2.75, 3.05) is 12.4 Å². The first-order valence-corrected chi connectivity index (χ1v) is 8.33. The van der Waals surface area contributed by atoms with Crippen LogP contribution in [0.4, 0.5) is 11.4 Å². The first kappa shape index (κ1) is 14.3. The van der Waals surface area contributed by atoms with Gasteiger partial charge in [0.05, 0.1) is 12.7 Å². The molecule has 0 aliphatic heterocycles. The molecule has 0 heterocycles. The van der Waals surface area contributed by atoms with Crippen LogP contribution in [-0.2, 0) is 4.74 Å². The lowest BCUT2D eigenvalue weighted by atomic mass is 10.0. The first-order chi connectivity index (χ1) is 11.2. The second-order valence-electron chi connectivity index (χ2n) is 6.63. The predicted octanol–water partition coefficient (Wildman–Crippen LogP) is 4.97. The van der Waals surface area contributed by atoms with Crippen LogP contribution >= 0.6 is 0 Å². The third-order valence-corrected chi connectivity index (χ3v) is 4.67. The van der Waals surface area contributed by atoms with Crippen LogP contribution in [0.3, 0.4) is 0 Å². The standard InChI is InChI=1S/C20H21NO2/c1-23-20(22)15-6-8-18(9-7-15)21-19-11-16(13-2-3-13)10-17(12-19)14-4-5-14/h6-14,21H,2-5H2,1H3. The molecule has 2 saturated carbocycles. The van der Waals surface area contributed by atoms with E-state index in [-0.39, 0.29) is 5.97 Å². The van der Waals surface area contributed by atoms with Gasteiger partial charge in [-0.2, -0.15) is 0 Å². The third-order valence-electron chi connectivity index (χ3n) is 4.67. The Bertz CT molecular complexity index is 698. The molecule has 3 nitrogen and oxygen atoms in total. The number of nitrogens with one attached hydrogen (secondary N) is 1. The monoisotopic (exact) mass is 307 g/mol. The fourth-order valence-corrected chi connectivity index (χ4v) is 3.03. The van der Waals surface area contributed by atoms with Crippen molar-refractivity contribution in [3.63, 3.8) is 0 Å². The lowest BCUT2D eigenvalue weighted by Gasteiger charge is -2.12.